The monoisotopic (exact) mass is 261 g/mol. The van der Waals surface area contributed by atoms with E-state index in [1.165, 1.54) is 22.3 Å². The van der Waals surface area contributed by atoms with Crippen LogP contribution >= 0.6 is 0 Å². The van der Waals surface area contributed by atoms with Gasteiger partial charge in [0.25, 0.3) is 0 Å². The second kappa shape index (κ2) is 6.06. The summed E-state index contributed by atoms with van der Waals surface area (Å²) in [6, 6.07) is 4.39. The molecule has 0 aliphatic carbocycles. The third-order valence-electron chi connectivity index (χ3n) is 3.79. The molecule has 0 spiro atoms. The summed E-state index contributed by atoms with van der Waals surface area (Å²) in [6.07, 6.45) is 0. The van der Waals surface area contributed by atoms with Crippen molar-refractivity contribution in [3.05, 3.63) is 34.4 Å². The first-order chi connectivity index (χ1) is 9.08. The van der Waals surface area contributed by atoms with Gasteiger partial charge in [-0.1, -0.05) is 12.1 Å². The van der Waals surface area contributed by atoms with Gasteiger partial charge in [0.05, 0.1) is 0 Å². The van der Waals surface area contributed by atoms with E-state index < -0.39 is 0 Å². The zero-order chi connectivity index (χ0) is 13.8. The standard InChI is InChI=1S/C15H23N3O/c1-11-8-13(3)14(9-12(11)2)10-17-15(19)18-6-4-16-5-7-18/h8-9,16H,4-7,10H2,1-3H3,(H,17,19). The number of aryl methyl sites for hydroxylation is 3. The number of rotatable bonds is 2. The molecule has 4 nitrogen and oxygen atoms in total. The molecule has 2 rings (SSSR count). The van der Waals surface area contributed by atoms with Crippen molar-refractivity contribution in [1.29, 1.82) is 0 Å². The zero-order valence-electron chi connectivity index (χ0n) is 12.0. The van der Waals surface area contributed by atoms with Gasteiger partial charge in [0.2, 0.25) is 0 Å². The van der Waals surface area contributed by atoms with Gasteiger partial charge in [-0.15, -0.1) is 0 Å². The van der Waals surface area contributed by atoms with Crippen LogP contribution in [0.25, 0.3) is 0 Å². The van der Waals surface area contributed by atoms with Crippen LogP contribution in [-0.2, 0) is 6.54 Å². The maximum atomic E-state index is 12.0. The lowest BCUT2D eigenvalue weighted by Gasteiger charge is -2.27. The van der Waals surface area contributed by atoms with E-state index in [4.69, 9.17) is 0 Å². The van der Waals surface area contributed by atoms with Gasteiger partial charge in [0, 0.05) is 32.7 Å². The minimum Gasteiger partial charge on any atom is -0.334 e. The van der Waals surface area contributed by atoms with Crippen LogP contribution in [0, 0.1) is 20.8 Å². The summed E-state index contributed by atoms with van der Waals surface area (Å²) in [5, 5.41) is 6.26. The summed E-state index contributed by atoms with van der Waals surface area (Å²) < 4.78 is 0. The van der Waals surface area contributed by atoms with Crippen LogP contribution in [0.15, 0.2) is 12.1 Å². The van der Waals surface area contributed by atoms with E-state index in [-0.39, 0.29) is 6.03 Å². The molecule has 2 N–H and O–H groups in total. The van der Waals surface area contributed by atoms with Crippen molar-refractivity contribution in [3.8, 4) is 0 Å². The fraction of sp³-hybridized carbons (Fsp3) is 0.533. The highest BCUT2D eigenvalue weighted by atomic mass is 16.2. The number of piperazine rings is 1. The molecule has 1 aliphatic heterocycles. The molecule has 0 radical (unpaired) electrons. The molecular weight excluding hydrogens is 238 g/mol. The summed E-state index contributed by atoms with van der Waals surface area (Å²) in [6.45, 7) is 10.3. The number of carbonyl (C=O) groups is 1. The predicted octanol–water partition coefficient (Wildman–Crippen LogP) is 1.73. The van der Waals surface area contributed by atoms with Crippen LogP contribution < -0.4 is 10.6 Å². The molecule has 0 saturated carbocycles. The average molecular weight is 261 g/mol. The molecule has 4 heteroatoms. The van der Waals surface area contributed by atoms with Gasteiger partial charge in [-0.05, 0) is 43.0 Å². The third-order valence-corrected chi connectivity index (χ3v) is 3.79. The van der Waals surface area contributed by atoms with Crippen LogP contribution in [0.1, 0.15) is 22.3 Å². The fourth-order valence-electron chi connectivity index (χ4n) is 2.36. The van der Waals surface area contributed by atoms with Gasteiger partial charge in [0.15, 0.2) is 0 Å². The van der Waals surface area contributed by atoms with Crippen molar-refractivity contribution in [1.82, 2.24) is 15.5 Å². The molecule has 1 heterocycles. The highest BCUT2D eigenvalue weighted by Crippen LogP contribution is 2.15. The fourth-order valence-corrected chi connectivity index (χ4v) is 2.36. The Labute approximate surface area is 115 Å². The average Bonchev–Trinajstić information content (AvgIpc) is 2.42. The van der Waals surface area contributed by atoms with Crippen LogP contribution in [0.2, 0.25) is 0 Å². The molecule has 104 valence electrons. The topological polar surface area (TPSA) is 44.4 Å². The van der Waals surface area contributed by atoms with Gasteiger partial charge >= 0.3 is 6.03 Å². The molecule has 0 atom stereocenters. The van der Waals surface area contributed by atoms with Crippen molar-refractivity contribution in [2.45, 2.75) is 27.3 Å². The summed E-state index contributed by atoms with van der Waals surface area (Å²) >= 11 is 0. The Morgan fingerprint density at radius 1 is 1.16 bits per heavy atom. The summed E-state index contributed by atoms with van der Waals surface area (Å²) in [5.74, 6) is 0. The van der Waals surface area contributed by atoms with Crippen LogP contribution in [0.5, 0.6) is 0 Å². The first kappa shape index (κ1) is 13.9. The minimum atomic E-state index is 0.0409. The first-order valence-corrected chi connectivity index (χ1v) is 6.88. The van der Waals surface area contributed by atoms with Crippen molar-refractivity contribution >= 4 is 6.03 Å². The number of hydrogen-bond acceptors (Lipinski definition) is 2. The molecular formula is C15H23N3O. The molecule has 19 heavy (non-hydrogen) atoms. The molecule has 2 amide bonds. The predicted molar refractivity (Wildman–Crippen MR) is 77.3 cm³/mol. The molecule has 0 unspecified atom stereocenters. The number of hydrogen-bond donors (Lipinski definition) is 2. The summed E-state index contributed by atoms with van der Waals surface area (Å²) in [5.41, 5.74) is 5.02. The van der Waals surface area contributed by atoms with Crippen molar-refractivity contribution in [3.63, 3.8) is 0 Å². The lowest BCUT2D eigenvalue weighted by Crippen LogP contribution is -2.50. The van der Waals surface area contributed by atoms with Crippen LogP contribution in [0.3, 0.4) is 0 Å². The van der Waals surface area contributed by atoms with E-state index in [0.29, 0.717) is 6.54 Å². The number of carbonyl (C=O) groups excluding carboxylic acids is 1. The van der Waals surface area contributed by atoms with E-state index in [1.54, 1.807) is 0 Å². The SMILES string of the molecule is Cc1cc(C)c(CNC(=O)N2CCNCC2)cc1C. The minimum absolute atomic E-state index is 0.0409. The number of urea groups is 1. The van der Waals surface area contributed by atoms with E-state index in [9.17, 15) is 4.79 Å². The van der Waals surface area contributed by atoms with Crippen molar-refractivity contribution < 1.29 is 4.79 Å². The van der Waals surface area contributed by atoms with E-state index >= 15 is 0 Å². The number of benzene rings is 1. The normalized spacial score (nSPS) is 15.4. The highest BCUT2D eigenvalue weighted by molar-refractivity contribution is 5.74. The smallest absolute Gasteiger partial charge is 0.317 e. The van der Waals surface area contributed by atoms with Gasteiger partial charge in [-0.25, -0.2) is 4.79 Å². The number of nitrogens with zero attached hydrogens (tertiary/aromatic N) is 1. The lowest BCUT2D eigenvalue weighted by molar-refractivity contribution is 0.189. The quantitative estimate of drug-likeness (QED) is 0.851. The molecule has 1 saturated heterocycles. The Balaban J connectivity index is 1.94. The second-order valence-electron chi connectivity index (χ2n) is 5.26. The van der Waals surface area contributed by atoms with E-state index in [1.807, 2.05) is 4.90 Å². The molecule has 1 aromatic carbocycles. The van der Waals surface area contributed by atoms with E-state index in [0.717, 1.165) is 26.2 Å². The third kappa shape index (κ3) is 3.47. The van der Waals surface area contributed by atoms with Crippen LogP contribution in [-0.4, -0.2) is 37.1 Å². The molecule has 0 aromatic heterocycles. The first-order valence-electron chi connectivity index (χ1n) is 6.88. The largest absolute Gasteiger partial charge is 0.334 e. The van der Waals surface area contributed by atoms with Crippen molar-refractivity contribution in [2.24, 2.45) is 0 Å². The summed E-state index contributed by atoms with van der Waals surface area (Å²) in [7, 11) is 0. The molecule has 0 bridgehead atoms. The number of nitrogens with one attached hydrogen (secondary N) is 2. The summed E-state index contributed by atoms with van der Waals surface area (Å²) in [4.78, 5) is 13.9. The highest BCUT2D eigenvalue weighted by Gasteiger charge is 2.15. The van der Waals surface area contributed by atoms with Gasteiger partial charge < -0.3 is 15.5 Å². The Hall–Kier alpha value is -1.55. The lowest BCUT2D eigenvalue weighted by atomic mass is 10.0. The molecule has 1 aliphatic rings. The molecule has 1 aromatic rings. The maximum Gasteiger partial charge on any atom is 0.317 e. The van der Waals surface area contributed by atoms with Gasteiger partial charge in [0.1, 0.15) is 0 Å². The zero-order valence-corrected chi connectivity index (χ0v) is 12.0. The Morgan fingerprint density at radius 2 is 1.79 bits per heavy atom. The maximum absolute atomic E-state index is 12.0. The van der Waals surface area contributed by atoms with Gasteiger partial charge in [-0.2, -0.15) is 0 Å². The Bertz CT molecular complexity index is 465. The number of amides is 2. The Morgan fingerprint density at radius 3 is 2.47 bits per heavy atom. The van der Waals surface area contributed by atoms with Crippen LogP contribution in [0.4, 0.5) is 4.79 Å². The van der Waals surface area contributed by atoms with Crippen molar-refractivity contribution in [2.75, 3.05) is 26.2 Å². The second-order valence-corrected chi connectivity index (χ2v) is 5.26. The van der Waals surface area contributed by atoms with Gasteiger partial charge in [-0.3, -0.25) is 0 Å². The molecule has 1 fully saturated rings. The van der Waals surface area contributed by atoms with E-state index in [2.05, 4.69) is 43.5 Å². The Kier molecular flexibility index (Phi) is 4.43.